The third-order valence-electron chi connectivity index (χ3n) is 4.01. The van der Waals surface area contributed by atoms with Crippen molar-refractivity contribution in [3.63, 3.8) is 0 Å². The molecule has 1 aliphatic heterocycles. The first-order valence-corrected chi connectivity index (χ1v) is 7.92. The van der Waals surface area contributed by atoms with Gasteiger partial charge in [-0.15, -0.1) is 0 Å². The predicted molar refractivity (Wildman–Crippen MR) is 84.3 cm³/mol. The number of nitrogens with one attached hydrogen (secondary N) is 1. The second-order valence-electron chi connectivity index (χ2n) is 6.02. The smallest absolute Gasteiger partial charge is 0.158 e. The predicted octanol–water partition coefficient (Wildman–Crippen LogP) is 1.98. The fourth-order valence-corrected chi connectivity index (χ4v) is 2.62. The number of ether oxygens (including phenoxy) is 1. The summed E-state index contributed by atoms with van der Waals surface area (Å²) in [5.41, 5.74) is 3.32. The van der Waals surface area contributed by atoms with E-state index in [1.54, 1.807) is 0 Å². The van der Waals surface area contributed by atoms with Crippen molar-refractivity contribution in [3.8, 4) is 0 Å². The minimum absolute atomic E-state index is 0.00297. The van der Waals surface area contributed by atoms with E-state index in [4.69, 9.17) is 14.7 Å². The molecule has 0 saturated carbocycles. The Labute approximate surface area is 128 Å². The highest BCUT2D eigenvalue weighted by Gasteiger charge is 2.24. The van der Waals surface area contributed by atoms with Gasteiger partial charge < -0.3 is 10.1 Å². The van der Waals surface area contributed by atoms with E-state index in [2.05, 4.69) is 44.8 Å². The number of rotatable bonds is 5. The zero-order chi connectivity index (χ0) is 15.4. The highest BCUT2D eigenvalue weighted by atomic mass is 16.5. The van der Waals surface area contributed by atoms with Crippen LogP contribution in [0, 0.1) is 13.8 Å². The molecule has 1 N–H and O–H groups in total. The zero-order valence-electron chi connectivity index (χ0n) is 13.9. The molecule has 5 heteroatoms. The largest absolute Gasteiger partial charge is 0.368 e. The van der Waals surface area contributed by atoms with Gasteiger partial charge in [-0.2, -0.15) is 0 Å². The molecule has 0 spiro atoms. The van der Waals surface area contributed by atoms with E-state index in [0.717, 1.165) is 50.0 Å². The van der Waals surface area contributed by atoms with Gasteiger partial charge in [0.05, 0.1) is 6.61 Å². The van der Waals surface area contributed by atoms with E-state index in [9.17, 15) is 0 Å². The minimum atomic E-state index is 0.00297. The monoisotopic (exact) mass is 292 g/mol. The maximum atomic E-state index is 5.86. The van der Waals surface area contributed by atoms with Crippen LogP contribution in [0.2, 0.25) is 0 Å². The second kappa shape index (κ2) is 7.29. The molecule has 1 aliphatic rings. The molecular formula is C16H28N4O. The van der Waals surface area contributed by atoms with E-state index >= 15 is 0 Å². The summed E-state index contributed by atoms with van der Waals surface area (Å²) in [5, 5.41) is 3.44. The summed E-state index contributed by atoms with van der Waals surface area (Å²) in [6, 6.07) is 0.461. The lowest BCUT2D eigenvalue weighted by Crippen LogP contribution is -2.38. The van der Waals surface area contributed by atoms with Crippen molar-refractivity contribution in [1.82, 2.24) is 20.2 Å². The van der Waals surface area contributed by atoms with Crippen LogP contribution in [0.1, 0.15) is 49.7 Å². The van der Waals surface area contributed by atoms with Gasteiger partial charge in [-0.1, -0.05) is 20.8 Å². The molecule has 118 valence electrons. The van der Waals surface area contributed by atoms with Gasteiger partial charge in [-0.3, -0.25) is 4.90 Å². The molecule has 1 saturated heterocycles. The third-order valence-corrected chi connectivity index (χ3v) is 4.01. The molecule has 0 amide bonds. The van der Waals surface area contributed by atoms with Crippen LogP contribution < -0.4 is 5.32 Å². The van der Waals surface area contributed by atoms with Crippen LogP contribution >= 0.6 is 0 Å². The van der Waals surface area contributed by atoms with Gasteiger partial charge in [0.2, 0.25) is 0 Å². The number of aryl methyl sites for hydroxylation is 2. The van der Waals surface area contributed by atoms with Gasteiger partial charge >= 0.3 is 0 Å². The Hall–Kier alpha value is -1.04. The van der Waals surface area contributed by atoms with Gasteiger partial charge in [-0.25, -0.2) is 9.97 Å². The molecule has 2 heterocycles. The van der Waals surface area contributed by atoms with Crippen molar-refractivity contribution < 1.29 is 4.74 Å². The first-order chi connectivity index (χ1) is 10.0. The Morgan fingerprint density at radius 3 is 2.52 bits per heavy atom. The van der Waals surface area contributed by atoms with Crippen LogP contribution in [0.4, 0.5) is 0 Å². The van der Waals surface area contributed by atoms with E-state index in [1.165, 1.54) is 5.56 Å². The normalized spacial score (nSPS) is 20.2. The fourth-order valence-electron chi connectivity index (χ4n) is 2.62. The average Bonchev–Trinajstić information content (AvgIpc) is 2.46. The highest BCUT2D eigenvalue weighted by Crippen LogP contribution is 2.21. The highest BCUT2D eigenvalue weighted by molar-refractivity contribution is 5.25. The average molecular weight is 292 g/mol. The van der Waals surface area contributed by atoms with E-state index < -0.39 is 0 Å². The Morgan fingerprint density at radius 2 is 1.95 bits per heavy atom. The fraction of sp³-hybridized carbons (Fsp3) is 0.750. The van der Waals surface area contributed by atoms with Crippen molar-refractivity contribution in [2.24, 2.45) is 0 Å². The van der Waals surface area contributed by atoms with E-state index in [-0.39, 0.29) is 6.10 Å². The summed E-state index contributed by atoms with van der Waals surface area (Å²) < 4.78 is 5.86. The first kappa shape index (κ1) is 16.3. The molecule has 2 rings (SSSR count). The molecule has 21 heavy (non-hydrogen) atoms. The summed E-state index contributed by atoms with van der Waals surface area (Å²) in [6.07, 6.45) is 0.00297. The van der Waals surface area contributed by atoms with E-state index in [0.29, 0.717) is 6.04 Å². The van der Waals surface area contributed by atoms with Crippen LogP contribution in [0.3, 0.4) is 0 Å². The molecule has 0 aliphatic carbocycles. The quantitative estimate of drug-likeness (QED) is 0.899. The Balaban J connectivity index is 2.15. The van der Waals surface area contributed by atoms with Gasteiger partial charge in [0.25, 0.3) is 0 Å². The number of morpholine rings is 1. The second-order valence-corrected chi connectivity index (χ2v) is 6.02. The van der Waals surface area contributed by atoms with Crippen LogP contribution in [-0.4, -0.2) is 47.2 Å². The molecule has 1 fully saturated rings. The lowest BCUT2D eigenvalue weighted by Gasteiger charge is -2.31. The SMILES string of the molecule is CCN1CCOC(c2nc(C)c(CNC(C)C)c(C)n2)C1. The van der Waals surface area contributed by atoms with Crippen molar-refractivity contribution >= 4 is 0 Å². The summed E-state index contributed by atoms with van der Waals surface area (Å²) in [5.74, 6) is 0.830. The van der Waals surface area contributed by atoms with Crippen molar-refractivity contribution in [2.45, 2.75) is 53.3 Å². The Morgan fingerprint density at radius 1 is 1.29 bits per heavy atom. The number of hydrogen-bond acceptors (Lipinski definition) is 5. The van der Waals surface area contributed by atoms with Crippen LogP contribution in [0.5, 0.6) is 0 Å². The minimum Gasteiger partial charge on any atom is -0.368 e. The first-order valence-electron chi connectivity index (χ1n) is 7.92. The van der Waals surface area contributed by atoms with Crippen molar-refractivity contribution in [2.75, 3.05) is 26.2 Å². The molecular weight excluding hydrogens is 264 g/mol. The maximum absolute atomic E-state index is 5.86. The van der Waals surface area contributed by atoms with Gasteiger partial charge in [0.15, 0.2) is 5.82 Å². The molecule has 0 radical (unpaired) electrons. The Bertz CT molecular complexity index is 452. The van der Waals surface area contributed by atoms with Crippen molar-refractivity contribution in [1.29, 1.82) is 0 Å². The molecule has 5 nitrogen and oxygen atoms in total. The number of nitrogens with zero attached hydrogens (tertiary/aromatic N) is 3. The van der Waals surface area contributed by atoms with Gasteiger partial charge in [0, 0.05) is 42.6 Å². The van der Waals surface area contributed by atoms with Gasteiger partial charge in [-0.05, 0) is 20.4 Å². The standard InChI is InChI=1S/C16H28N4O/c1-6-20-7-8-21-15(10-20)16-18-12(4)14(13(5)19-16)9-17-11(2)3/h11,15,17H,6-10H2,1-5H3. The summed E-state index contributed by atoms with van der Waals surface area (Å²) >= 11 is 0. The lowest BCUT2D eigenvalue weighted by atomic mass is 10.1. The number of aromatic nitrogens is 2. The number of hydrogen-bond donors (Lipinski definition) is 1. The third kappa shape index (κ3) is 4.22. The van der Waals surface area contributed by atoms with Crippen LogP contribution in [0.25, 0.3) is 0 Å². The van der Waals surface area contributed by atoms with Gasteiger partial charge in [0.1, 0.15) is 6.10 Å². The molecule has 1 aromatic rings. The molecule has 1 aromatic heterocycles. The lowest BCUT2D eigenvalue weighted by molar-refractivity contribution is -0.0327. The molecule has 1 unspecified atom stereocenters. The van der Waals surface area contributed by atoms with Crippen LogP contribution in [-0.2, 0) is 11.3 Å². The Kier molecular flexibility index (Phi) is 5.67. The topological polar surface area (TPSA) is 50.3 Å². The maximum Gasteiger partial charge on any atom is 0.158 e. The molecule has 0 aromatic carbocycles. The summed E-state index contributed by atoms with van der Waals surface area (Å²) in [4.78, 5) is 11.8. The van der Waals surface area contributed by atoms with Crippen LogP contribution in [0.15, 0.2) is 0 Å². The molecule has 1 atom stereocenters. The zero-order valence-corrected chi connectivity index (χ0v) is 13.9. The van der Waals surface area contributed by atoms with E-state index in [1.807, 2.05) is 0 Å². The summed E-state index contributed by atoms with van der Waals surface area (Å²) in [6.45, 7) is 15.1. The number of likely N-dealkylation sites (N-methyl/N-ethyl adjacent to an activating group) is 1. The van der Waals surface area contributed by atoms with Crippen molar-refractivity contribution in [3.05, 3.63) is 22.8 Å². The summed E-state index contributed by atoms with van der Waals surface area (Å²) in [7, 11) is 0. The molecule has 0 bridgehead atoms.